The van der Waals surface area contributed by atoms with Crippen LogP contribution in [0.2, 0.25) is 0 Å². The standard InChI is InChI=1S/C16H13N3O2S/c17-11-12-3-4-14(15(10-12)19(20)21)18-7-5-13(6-8-18)16-2-1-9-22-16/h1-5,9-10H,6-8H2. The molecule has 1 aromatic heterocycles. The Morgan fingerprint density at radius 1 is 1.36 bits per heavy atom. The number of rotatable bonds is 3. The lowest BCUT2D eigenvalue weighted by atomic mass is 10.1. The topological polar surface area (TPSA) is 70.2 Å². The van der Waals surface area contributed by atoms with E-state index in [4.69, 9.17) is 5.26 Å². The summed E-state index contributed by atoms with van der Waals surface area (Å²) in [7, 11) is 0. The number of nitrogens with zero attached hydrogens (tertiary/aromatic N) is 3. The molecule has 1 aliphatic heterocycles. The van der Waals surface area contributed by atoms with E-state index >= 15 is 0 Å². The minimum Gasteiger partial charge on any atom is -0.362 e. The van der Waals surface area contributed by atoms with Crippen LogP contribution in [0.4, 0.5) is 11.4 Å². The van der Waals surface area contributed by atoms with E-state index in [9.17, 15) is 10.1 Å². The third kappa shape index (κ3) is 2.71. The van der Waals surface area contributed by atoms with Crippen LogP contribution in [0, 0.1) is 21.4 Å². The number of anilines is 1. The van der Waals surface area contributed by atoms with Gasteiger partial charge in [0.15, 0.2) is 0 Å². The first-order valence-corrected chi connectivity index (χ1v) is 7.73. The van der Waals surface area contributed by atoms with Crippen LogP contribution in [0.3, 0.4) is 0 Å². The molecule has 0 atom stereocenters. The summed E-state index contributed by atoms with van der Waals surface area (Å²) in [6, 6.07) is 10.7. The van der Waals surface area contributed by atoms with Crippen LogP contribution in [0.1, 0.15) is 16.9 Å². The molecule has 22 heavy (non-hydrogen) atoms. The molecule has 3 rings (SSSR count). The van der Waals surface area contributed by atoms with Crippen LogP contribution in [0.15, 0.2) is 41.8 Å². The molecule has 0 spiro atoms. The first-order chi connectivity index (χ1) is 10.7. The highest BCUT2D eigenvalue weighted by Gasteiger charge is 2.22. The summed E-state index contributed by atoms with van der Waals surface area (Å²) in [6.07, 6.45) is 2.98. The molecule has 0 aliphatic carbocycles. The third-order valence-electron chi connectivity index (χ3n) is 3.69. The average molecular weight is 311 g/mol. The second kappa shape index (κ2) is 6.00. The minimum atomic E-state index is -0.422. The van der Waals surface area contributed by atoms with Gasteiger partial charge in [0.2, 0.25) is 0 Å². The van der Waals surface area contributed by atoms with Crippen LogP contribution < -0.4 is 4.90 Å². The number of hydrogen-bond acceptors (Lipinski definition) is 5. The van der Waals surface area contributed by atoms with Gasteiger partial charge in [-0.15, -0.1) is 11.3 Å². The van der Waals surface area contributed by atoms with Crippen LogP contribution in [-0.4, -0.2) is 18.0 Å². The Balaban J connectivity index is 1.88. The molecule has 2 aromatic rings. The van der Waals surface area contributed by atoms with Gasteiger partial charge in [0.05, 0.1) is 16.6 Å². The predicted molar refractivity (Wildman–Crippen MR) is 86.9 cm³/mol. The summed E-state index contributed by atoms with van der Waals surface area (Å²) in [6.45, 7) is 1.37. The van der Waals surface area contributed by atoms with Crippen molar-refractivity contribution >= 4 is 28.3 Å². The minimum absolute atomic E-state index is 0.00739. The maximum absolute atomic E-state index is 11.2. The highest BCUT2D eigenvalue weighted by molar-refractivity contribution is 7.11. The number of nitriles is 1. The van der Waals surface area contributed by atoms with Crippen LogP contribution in [0.25, 0.3) is 5.57 Å². The van der Waals surface area contributed by atoms with E-state index in [1.807, 2.05) is 22.4 Å². The fraction of sp³-hybridized carbons (Fsp3) is 0.188. The van der Waals surface area contributed by atoms with Crippen molar-refractivity contribution in [2.75, 3.05) is 18.0 Å². The number of nitro groups is 1. The Labute approximate surface area is 131 Å². The van der Waals surface area contributed by atoms with Crippen molar-refractivity contribution in [2.45, 2.75) is 6.42 Å². The van der Waals surface area contributed by atoms with Gasteiger partial charge in [0.1, 0.15) is 5.69 Å². The number of thiophene rings is 1. The molecule has 0 bridgehead atoms. The van der Waals surface area contributed by atoms with E-state index in [-0.39, 0.29) is 5.69 Å². The quantitative estimate of drug-likeness (QED) is 0.638. The summed E-state index contributed by atoms with van der Waals surface area (Å²) in [5.41, 5.74) is 2.17. The van der Waals surface area contributed by atoms with Gasteiger partial charge in [-0.3, -0.25) is 10.1 Å². The summed E-state index contributed by atoms with van der Waals surface area (Å²) in [5, 5.41) is 22.2. The van der Waals surface area contributed by atoms with E-state index in [1.54, 1.807) is 23.5 Å². The maximum atomic E-state index is 11.2. The predicted octanol–water partition coefficient (Wildman–Crippen LogP) is 3.82. The van der Waals surface area contributed by atoms with Gasteiger partial charge >= 0.3 is 0 Å². The lowest BCUT2D eigenvalue weighted by molar-refractivity contribution is -0.384. The van der Waals surface area contributed by atoms with Crippen LogP contribution in [-0.2, 0) is 0 Å². The van der Waals surface area contributed by atoms with Crippen molar-refractivity contribution in [3.05, 3.63) is 62.3 Å². The van der Waals surface area contributed by atoms with Gasteiger partial charge in [-0.1, -0.05) is 12.1 Å². The Morgan fingerprint density at radius 3 is 2.82 bits per heavy atom. The fourth-order valence-corrected chi connectivity index (χ4v) is 3.38. The lowest BCUT2D eigenvalue weighted by Gasteiger charge is -2.27. The SMILES string of the molecule is N#Cc1ccc(N2CC=C(c3cccs3)CC2)c([N+](=O)[O-])c1. The van der Waals surface area contributed by atoms with Gasteiger partial charge in [0, 0.05) is 24.0 Å². The van der Waals surface area contributed by atoms with E-state index in [1.165, 1.54) is 16.5 Å². The maximum Gasteiger partial charge on any atom is 0.293 e. The largest absolute Gasteiger partial charge is 0.362 e. The van der Waals surface area contributed by atoms with Crippen LogP contribution in [0.5, 0.6) is 0 Å². The van der Waals surface area contributed by atoms with E-state index < -0.39 is 4.92 Å². The highest BCUT2D eigenvalue weighted by Crippen LogP contribution is 2.33. The van der Waals surface area contributed by atoms with Crippen molar-refractivity contribution < 1.29 is 4.92 Å². The highest BCUT2D eigenvalue weighted by atomic mass is 32.1. The van der Waals surface area contributed by atoms with Crippen molar-refractivity contribution in [3.8, 4) is 6.07 Å². The molecular formula is C16H13N3O2S. The van der Waals surface area contributed by atoms with E-state index in [0.29, 0.717) is 17.8 Å². The number of nitro benzene ring substituents is 1. The first kappa shape index (κ1) is 14.3. The summed E-state index contributed by atoms with van der Waals surface area (Å²) in [4.78, 5) is 14.1. The summed E-state index contributed by atoms with van der Waals surface area (Å²) < 4.78 is 0. The smallest absolute Gasteiger partial charge is 0.293 e. The Kier molecular flexibility index (Phi) is 3.90. The fourth-order valence-electron chi connectivity index (χ4n) is 2.58. The van der Waals surface area contributed by atoms with Crippen LogP contribution >= 0.6 is 11.3 Å². The zero-order valence-corrected chi connectivity index (χ0v) is 12.5. The average Bonchev–Trinajstić information content (AvgIpc) is 3.09. The van der Waals surface area contributed by atoms with E-state index in [0.717, 1.165) is 13.0 Å². The molecule has 0 saturated carbocycles. The Morgan fingerprint density at radius 2 is 2.23 bits per heavy atom. The summed E-state index contributed by atoms with van der Waals surface area (Å²) in [5.74, 6) is 0. The molecule has 0 unspecified atom stereocenters. The van der Waals surface area contributed by atoms with Crippen molar-refractivity contribution in [1.82, 2.24) is 0 Å². The molecule has 6 heteroatoms. The number of hydrogen-bond donors (Lipinski definition) is 0. The Bertz CT molecular complexity index is 775. The molecule has 0 fully saturated rings. The molecule has 1 aromatic carbocycles. The molecule has 0 amide bonds. The number of benzene rings is 1. The van der Waals surface area contributed by atoms with Gasteiger partial charge in [-0.05, 0) is 35.6 Å². The second-order valence-corrected chi connectivity index (χ2v) is 5.92. The van der Waals surface area contributed by atoms with Gasteiger partial charge in [0.25, 0.3) is 5.69 Å². The normalized spacial score (nSPS) is 14.3. The summed E-state index contributed by atoms with van der Waals surface area (Å²) >= 11 is 1.71. The molecule has 0 radical (unpaired) electrons. The Hall–Kier alpha value is -2.65. The van der Waals surface area contributed by atoms with Crippen molar-refractivity contribution in [3.63, 3.8) is 0 Å². The zero-order valence-electron chi connectivity index (χ0n) is 11.7. The molecule has 5 nitrogen and oxygen atoms in total. The molecule has 0 N–H and O–H groups in total. The van der Waals surface area contributed by atoms with E-state index in [2.05, 4.69) is 12.1 Å². The molecule has 110 valence electrons. The zero-order chi connectivity index (χ0) is 15.5. The molecule has 2 heterocycles. The molecule has 0 saturated heterocycles. The van der Waals surface area contributed by atoms with Gasteiger partial charge in [-0.2, -0.15) is 5.26 Å². The molecular weight excluding hydrogens is 298 g/mol. The third-order valence-corrected chi connectivity index (χ3v) is 4.63. The second-order valence-electron chi connectivity index (χ2n) is 4.98. The van der Waals surface area contributed by atoms with Crippen molar-refractivity contribution in [2.24, 2.45) is 0 Å². The lowest BCUT2D eigenvalue weighted by Crippen LogP contribution is -2.28. The first-order valence-electron chi connectivity index (χ1n) is 6.85. The molecule has 1 aliphatic rings. The van der Waals surface area contributed by atoms with Gasteiger partial charge in [-0.25, -0.2) is 0 Å². The van der Waals surface area contributed by atoms with Crippen molar-refractivity contribution in [1.29, 1.82) is 5.26 Å². The monoisotopic (exact) mass is 311 g/mol. The van der Waals surface area contributed by atoms with Gasteiger partial charge < -0.3 is 4.90 Å².